The number of hydrogen-bond donors (Lipinski definition) is 8. The van der Waals surface area contributed by atoms with E-state index in [1.807, 2.05) is 0 Å². The molecule has 0 aliphatic heterocycles. The molecule has 0 spiro atoms. The predicted octanol–water partition coefficient (Wildman–Crippen LogP) is -14.1. The molecule has 312 valence electrons. The van der Waals surface area contributed by atoms with Crippen LogP contribution < -0.4 is 66.3 Å². The van der Waals surface area contributed by atoms with Gasteiger partial charge < -0.3 is 116 Å². The minimum Gasteiger partial charge on any atom is -0.744 e. The monoisotopic (exact) mass is 892 g/mol. The van der Waals surface area contributed by atoms with E-state index in [0.717, 1.165) is 24.3 Å². The maximum atomic E-state index is 10.8. The molecule has 0 bridgehead atoms. The first kappa shape index (κ1) is 78.1. The predicted molar refractivity (Wildman–Crippen MR) is 167 cm³/mol. The molecule has 0 aliphatic carbocycles. The van der Waals surface area contributed by atoms with Gasteiger partial charge in [0.2, 0.25) is 0 Å². The number of carbonyl (C=O) groups excluding carboxylic acids is 4. The van der Waals surface area contributed by atoms with Crippen molar-refractivity contribution in [3.8, 4) is 0 Å². The van der Waals surface area contributed by atoms with Crippen LogP contribution in [0, 0.1) is 0 Å². The smallest absolute Gasteiger partial charge is 0.744 e. The summed E-state index contributed by atoms with van der Waals surface area (Å²) in [5.74, 6) is -8.74. The molecular formula is C22H46Co2N8O18S2. The van der Waals surface area contributed by atoms with Crippen LogP contribution in [0.3, 0.4) is 0 Å². The van der Waals surface area contributed by atoms with Crippen molar-refractivity contribution in [3.63, 3.8) is 0 Å². The Labute approximate surface area is 319 Å². The van der Waals surface area contributed by atoms with E-state index in [1.165, 1.54) is 12.1 Å². The number of benzene rings is 2. The molecule has 52 heavy (non-hydrogen) atoms. The van der Waals surface area contributed by atoms with Crippen molar-refractivity contribution < 1.29 is 121 Å². The van der Waals surface area contributed by atoms with E-state index < -0.39 is 53.9 Å². The molecule has 0 amide bonds. The summed E-state index contributed by atoms with van der Waals surface area (Å²) in [5, 5.41) is 36.4. The fourth-order valence-electron chi connectivity index (χ4n) is 1.51. The van der Waals surface area contributed by atoms with Crippen LogP contribution in [0.4, 0.5) is 0 Å². The number of rotatable bonds is 6. The Bertz CT molecular complexity index is 1240. The number of carboxylic acid groups (broad SMARTS) is 4. The Morgan fingerprint density at radius 3 is 0.673 bits per heavy atom. The maximum absolute atomic E-state index is 10.8. The van der Waals surface area contributed by atoms with Crippen molar-refractivity contribution in [1.82, 2.24) is 0 Å². The Morgan fingerprint density at radius 2 is 0.577 bits per heavy atom. The van der Waals surface area contributed by atoms with Crippen molar-refractivity contribution in [2.75, 3.05) is 52.4 Å². The third-order valence-corrected chi connectivity index (χ3v) is 5.02. The van der Waals surface area contributed by atoms with Crippen molar-refractivity contribution in [2.45, 2.75) is 9.79 Å². The molecule has 30 heteroatoms. The Morgan fingerprint density at radius 1 is 0.423 bits per heavy atom. The molecule has 0 heterocycles. The number of hydrogen-bond acceptors (Lipinski definition) is 22. The first-order valence-corrected chi connectivity index (χ1v) is 14.8. The van der Waals surface area contributed by atoms with Crippen LogP contribution in [-0.4, -0.2) is 124 Å². The van der Waals surface area contributed by atoms with Crippen LogP contribution in [0.5, 0.6) is 0 Å². The van der Waals surface area contributed by atoms with E-state index in [2.05, 4.69) is 0 Å². The summed E-state index contributed by atoms with van der Waals surface area (Å²) in [6, 6.07) is 6.92. The fraction of sp³-hybridized carbons (Fsp3) is 0.364. The van der Waals surface area contributed by atoms with Gasteiger partial charge in [0.05, 0.1) is 33.7 Å². The molecule has 0 saturated heterocycles. The van der Waals surface area contributed by atoms with Gasteiger partial charge in [0.25, 0.3) is 0 Å². The molecule has 0 unspecified atom stereocenters. The van der Waals surface area contributed by atoms with Crippen LogP contribution in [0.1, 0.15) is 0 Å². The third kappa shape index (κ3) is 53.7. The largest absolute Gasteiger partial charge is 3.00 e. The molecule has 0 atom stereocenters. The van der Waals surface area contributed by atoms with Crippen molar-refractivity contribution in [3.05, 3.63) is 36.4 Å². The van der Waals surface area contributed by atoms with Crippen LogP contribution in [0.15, 0.2) is 46.2 Å². The second kappa shape index (κ2) is 47.9. The van der Waals surface area contributed by atoms with Gasteiger partial charge in [-0.25, -0.2) is 16.8 Å². The molecule has 2 aromatic rings. The molecule has 0 aliphatic rings. The minimum absolute atomic E-state index is 0. The van der Waals surface area contributed by atoms with Gasteiger partial charge >= 0.3 is 33.6 Å². The topological polar surface area (TPSA) is 609 Å². The zero-order valence-corrected chi connectivity index (χ0v) is 30.7. The molecule has 0 radical (unpaired) electrons. The molecule has 26 nitrogen and oxygen atoms in total. The van der Waals surface area contributed by atoms with Gasteiger partial charge in [0, 0.05) is 52.4 Å². The average Bonchev–Trinajstić information content (AvgIpc) is 3.00. The molecular weight excluding hydrogens is 846 g/mol. The normalized spacial score (nSPS) is 8.42. The second-order valence-corrected chi connectivity index (χ2v) is 9.80. The standard InChI is InChI=1S/C10H8O6S2.4C2H8N2.2C2H2O4.2Co.4H2O/c11-17(12,13)9-3-1-7-5-10(18(14,15)16)4-2-8(7)6-9;4*3-1-2-4;2*3-1(4)2(5)6;;;;;;/h1-6H,(H,11,12,13)(H,14,15,16);4*1-4H2;2*(H,3,4)(H,5,6);;;4*1H2/q;;;;;;;2*+3;;;;/p-6. The third-order valence-electron chi connectivity index (χ3n) is 3.36. The number of carboxylic acids is 4. The number of carbonyl (C=O) groups is 4. The van der Waals surface area contributed by atoms with Crippen LogP contribution in [0.25, 0.3) is 10.8 Å². The summed E-state index contributed by atoms with van der Waals surface area (Å²) >= 11 is 0. The van der Waals surface area contributed by atoms with Crippen molar-refractivity contribution in [2.24, 2.45) is 45.9 Å². The van der Waals surface area contributed by atoms with E-state index in [1.54, 1.807) is 0 Å². The van der Waals surface area contributed by atoms with Gasteiger partial charge in [-0.3, -0.25) is 0 Å². The average molecular weight is 893 g/mol. The first-order chi connectivity index (χ1) is 21.1. The van der Waals surface area contributed by atoms with E-state index in [0.29, 0.717) is 63.1 Å². The van der Waals surface area contributed by atoms with Gasteiger partial charge in [0.15, 0.2) is 0 Å². The molecule has 2 aromatic carbocycles. The zero-order chi connectivity index (χ0) is 37.5. The van der Waals surface area contributed by atoms with Crippen LogP contribution in [0.2, 0.25) is 0 Å². The number of nitrogens with two attached hydrogens (primary N) is 8. The molecule has 0 saturated carbocycles. The zero-order valence-electron chi connectivity index (χ0n) is 26.9. The number of fused-ring (bicyclic) bond motifs is 1. The summed E-state index contributed by atoms with van der Waals surface area (Å²) in [7, 11) is -9.13. The summed E-state index contributed by atoms with van der Waals surface area (Å²) in [6.07, 6.45) is 0. The van der Waals surface area contributed by atoms with Crippen LogP contribution in [-0.2, 0) is 73.0 Å². The van der Waals surface area contributed by atoms with E-state index in [-0.39, 0.29) is 55.5 Å². The summed E-state index contributed by atoms with van der Waals surface area (Å²) in [4.78, 5) is 34.9. The van der Waals surface area contributed by atoms with Gasteiger partial charge in [-0.05, 0) is 35.0 Å². The van der Waals surface area contributed by atoms with E-state index >= 15 is 0 Å². The van der Waals surface area contributed by atoms with Crippen molar-refractivity contribution >= 4 is 54.9 Å². The second-order valence-electron chi connectivity index (χ2n) is 7.04. The quantitative estimate of drug-likeness (QED) is 0.0986. The van der Waals surface area contributed by atoms with Gasteiger partial charge in [0.1, 0.15) is 20.2 Å². The minimum atomic E-state index is -4.56. The van der Waals surface area contributed by atoms with Crippen LogP contribution >= 0.6 is 0 Å². The van der Waals surface area contributed by atoms with Gasteiger partial charge in [-0.15, -0.1) is 0 Å². The van der Waals surface area contributed by atoms with Gasteiger partial charge in [-0.2, -0.15) is 0 Å². The maximum Gasteiger partial charge on any atom is 3.00 e. The molecule has 24 N–H and O–H groups in total. The molecule has 2 rings (SSSR count). The fourth-order valence-corrected chi connectivity index (χ4v) is 2.52. The summed E-state index contributed by atoms with van der Waals surface area (Å²) in [5.41, 5.74) is 39.2. The van der Waals surface area contributed by atoms with E-state index in [9.17, 15) is 25.9 Å². The van der Waals surface area contributed by atoms with E-state index in [4.69, 9.17) is 85.5 Å². The Hall–Kier alpha value is -3.07. The molecule has 0 fully saturated rings. The summed E-state index contributed by atoms with van der Waals surface area (Å²) < 4.78 is 64.8. The van der Waals surface area contributed by atoms with Crippen molar-refractivity contribution in [1.29, 1.82) is 0 Å². The summed E-state index contributed by atoms with van der Waals surface area (Å²) in [6.45, 7) is 4.78. The van der Waals surface area contributed by atoms with Gasteiger partial charge in [-0.1, -0.05) is 12.1 Å². The first-order valence-electron chi connectivity index (χ1n) is 12.0. The Kier molecular flexibility index (Phi) is 72.0. The Balaban J connectivity index is -0.0000000467. The SMILES string of the molecule is NCCN.NCCN.NCCN.NCCN.O.O.O.O.O=C([O-])C(=O)[O-].O=C([O-])C(=O)[O-].O=S(=O)([O-])c1ccc2cc(S(=O)(=O)[O-])ccc2c1.[Co+3].[Co+3]. The molecule has 0 aromatic heterocycles. The number of aliphatic carboxylic acids is 4.